The van der Waals surface area contributed by atoms with Crippen LogP contribution in [0.3, 0.4) is 0 Å². The molecule has 4 aliphatic rings. The third-order valence-corrected chi connectivity index (χ3v) is 12.5. The minimum Gasteiger partial charge on any atom is -0.497 e. The highest BCUT2D eigenvalue weighted by Gasteiger charge is 2.44. The first-order valence-corrected chi connectivity index (χ1v) is 21.8. The van der Waals surface area contributed by atoms with Gasteiger partial charge in [-0.05, 0) is 58.7 Å². The van der Waals surface area contributed by atoms with Crippen LogP contribution in [0.4, 0.5) is 17.1 Å². The fraction of sp³-hybridized carbons (Fsp3) is 0.238. The molecule has 2 amide bonds. The van der Waals surface area contributed by atoms with Crippen LogP contribution < -0.4 is 29.4 Å². The Morgan fingerprint density at radius 2 is 1.05 bits per heavy atom. The number of hydrogen-bond acceptors (Lipinski definition) is 14. The molecule has 4 aromatic carbocycles. The van der Waals surface area contributed by atoms with Gasteiger partial charge >= 0.3 is 20.2 Å². The first kappa shape index (κ1) is 42.0. The number of carbonyl (C=O) groups excluding carboxylic acids is 2. The second-order valence-electron chi connectivity index (χ2n) is 14.5. The molecular weight excluding hydrogens is 847 g/mol. The summed E-state index contributed by atoms with van der Waals surface area (Å²) in [5.74, 6) is 0.0189. The summed E-state index contributed by atoms with van der Waals surface area (Å²) in [7, 11) is -5.49. The molecule has 0 aliphatic carbocycles. The van der Waals surface area contributed by atoms with Crippen LogP contribution in [0, 0.1) is 0 Å². The first-order valence-electron chi connectivity index (χ1n) is 19.0. The van der Waals surface area contributed by atoms with Gasteiger partial charge in [0.1, 0.15) is 5.75 Å². The fourth-order valence-corrected chi connectivity index (χ4v) is 9.16. The monoisotopic (exact) mass is 885 g/mol. The van der Waals surface area contributed by atoms with Gasteiger partial charge in [0.05, 0.1) is 69.1 Å². The minimum absolute atomic E-state index is 0.0106. The molecular formula is C42H39N5O13S2. The van der Waals surface area contributed by atoms with Gasteiger partial charge in [0.15, 0.2) is 33.1 Å². The van der Waals surface area contributed by atoms with Gasteiger partial charge in [-0.25, -0.2) is 9.98 Å². The zero-order valence-corrected chi connectivity index (χ0v) is 35.0. The number of benzene rings is 4. The zero-order chi connectivity index (χ0) is 44.1. The number of hydrogen-bond donors (Lipinski definition) is 3. The number of rotatable bonds is 11. The Hall–Kier alpha value is -6.74. The van der Waals surface area contributed by atoms with Gasteiger partial charge in [-0.2, -0.15) is 16.8 Å². The average molecular weight is 886 g/mol. The van der Waals surface area contributed by atoms with E-state index in [1.807, 2.05) is 0 Å². The molecule has 0 spiro atoms. The molecule has 4 heterocycles. The van der Waals surface area contributed by atoms with E-state index in [2.05, 4.69) is 9.98 Å². The number of aliphatic imine (C=N–C) groups is 2. The van der Waals surface area contributed by atoms with Crippen LogP contribution in [0.2, 0.25) is 0 Å². The lowest BCUT2D eigenvalue weighted by Crippen LogP contribution is -2.40. The number of amides is 2. The Balaban J connectivity index is 0.998. The third kappa shape index (κ3) is 7.95. The van der Waals surface area contributed by atoms with Gasteiger partial charge < -0.3 is 39.2 Å². The molecule has 4 N–H and O–H groups in total. The maximum atomic E-state index is 14.0. The zero-order valence-electron chi connectivity index (χ0n) is 33.3. The van der Waals surface area contributed by atoms with E-state index >= 15 is 0 Å². The Bertz CT molecular complexity index is 2860. The van der Waals surface area contributed by atoms with Crippen LogP contribution in [0.25, 0.3) is 11.1 Å². The number of methoxy groups -OCH3 is 3. The van der Waals surface area contributed by atoms with Gasteiger partial charge in [0.25, 0.3) is 11.8 Å². The number of ether oxygens (including phenoxy) is 5. The molecule has 0 saturated carbocycles. The van der Waals surface area contributed by atoms with E-state index in [1.54, 1.807) is 48.5 Å². The fourth-order valence-electron chi connectivity index (χ4n) is 7.65. The van der Waals surface area contributed by atoms with E-state index < -0.39 is 54.2 Å². The quantitative estimate of drug-likeness (QED) is 0.0955. The predicted octanol–water partition coefficient (Wildman–Crippen LogP) is 5.52. The summed E-state index contributed by atoms with van der Waals surface area (Å²) in [6.45, 7) is 0.0213. The SMILES string of the molecule is COc1ccc(C2=CN3C(=O)c4cc(OC)c(OCCCOc5cc6c(cc5OC)C(=O)N5C=C(c7ccc(N)cc7)C[C@H]5C(S(=O)(=O)O)=N6)cc4N=C(S(=O)(=O)O)[C@@H]3C2)cc1. The van der Waals surface area contributed by atoms with Gasteiger partial charge in [-0.3, -0.25) is 18.7 Å². The smallest absolute Gasteiger partial charge is 0.310 e. The van der Waals surface area contributed by atoms with Crippen molar-refractivity contribution in [2.24, 2.45) is 9.98 Å². The Morgan fingerprint density at radius 3 is 1.44 bits per heavy atom. The standard InChI is InChI=1S/C42H39N5O13S2/c1-56-28-11-7-24(8-12-28)26-16-34-40(62(53,54)55)45-32-20-38(36(58-3)18-30(32)42(49)47(34)22-26)60-14-4-13-59-37-19-31-29(17-35(37)57-2)41(48)46-21-25(23-5-9-27(43)10-6-23)15-33(46)39(44-31)61(50,51)52/h5-12,17-22,33-34H,4,13-16,43H2,1-3H3,(H,50,51,52)(H,53,54,55)/t33-,34-/m0/s1. The van der Waals surface area contributed by atoms with Crippen molar-refractivity contribution >= 4 is 70.3 Å². The number of nitrogen functional groups attached to an aromatic ring is 1. The molecule has 0 unspecified atom stereocenters. The summed E-state index contributed by atoms with van der Waals surface area (Å²) in [6, 6.07) is 17.1. The molecule has 2 atom stereocenters. The lowest BCUT2D eigenvalue weighted by molar-refractivity contribution is 0.0808. The number of nitrogens with zero attached hydrogens (tertiary/aromatic N) is 4. The highest BCUT2D eigenvalue weighted by Crippen LogP contribution is 2.44. The molecule has 0 fully saturated rings. The molecule has 20 heteroatoms. The lowest BCUT2D eigenvalue weighted by Gasteiger charge is -2.21. The molecule has 0 bridgehead atoms. The van der Waals surface area contributed by atoms with Crippen LogP contribution in [-0.2, 0) is 20.2 Å². The topological polar surface area (TPSA) is 246 Å². The summed E-state index contributed by atoms with van der Waals surface area (Å²) in [4.78, 5) is 38.9. The molecule has 322 valence electrons. The number of nitrogens with two attached hydrogens (primary N) is 1. The lowest BCUT2D eigenvalue weighted by atomic mass is 10.0. The van der Waals surface area contributed by atoms with Crippen molar-refractivity contribution in [2.45, 2.75) is 31.3 Å². The molecule has 0 aromatic heterocycles. The van der Waals surface area contributed by atoms with Crippen molar-refractivity contribution in [2.75, 3.05) is 40.3 Å². The largest absolute Gasteiger partial charge is 0.497 e. The van der Waals surface area contributed by atoms with Gasteiger partial charge in [-0.1, -0.05) is 24.3 Å². The van der Waals surface area contributed by atoms with Crippen molar-refractivity contribution in [3.8, 4) is 28.7 Å². The molecule has 0 saturated heterocycles. The highest BCUT2D eigenvalue weighted by molar-refractivity contribution is 8.02. The summed E-state index contributed by atoms with van der Waals surface area (Å²) in [5, 5.41) is -1.23. The summed E-state index contributed by atoms with van der Waals surface area (Å²) in [6.07, 6.45) is 3.43. The van der Waals surface area contributed by atoms with Crippen molar-refractivity contribution in [1.82, 2.24) is 9.80 Å². The Kier molecular flexibility index (Phi) is 11.0. The number of fused-ring (bicyclic) bond motifs is 4. The Labute approximate surface area is 356 Å². The summed E-state index contributed by atoms with van der Waals surface area (Å²) >= 11 is 0. The van der Waals surface area contributed by atoms with Crippen molar-refractivity contribution in [1.29, 1.82) is 0 Å². The van der Waals surface area contributed by atoms with E-state index in [0.29, 0.717) is 28.1 Å². The second kappa shape index (κ2) is 16.3. The maximum absolute atomic E-state index is 14.0. The summed E-state index contributed by atoms with van der Waals surface area (Å²) in [5.41, 5.74) is 8.99. The molecule has 0 radical (unpaired) electrons. The average Bonchev–Trinajstić information content (AvgIpc) is 3.84. The minimum atomic E-state index is -4.88. The normalized spacial score (nSPS) is 18.2. The van der Waals surface area contributed by atoms with Crippen LogP contribution in [0.5, 0.6) is 28.7 Å². The Morgan fingerprint density at radius 1 is 0.629 bits per heavy atom. The van der Waals surface area contributed by atoms with Crippen molar-refractivity contribution in [3.05, 3.63) is 107 Å². The molecule has 4 aromatic rings. The van der Waals surface area contributed by atoms with Crippen LogP contribution in [0.15, 0.2) is 95.2 Å². The number of carbonyl (C=O) groups is 2. The van der Waals surface area contributed by atoms with E-state index in [4.69, 9.17) is 29.4 Å². The van der Waals surface area contributed by atoms with Crippen molar-refractivity contribution < 1.29 is 59.2 Å². The van der Waals surface area contributed by atoms with E-state index in [0.717, 1.165) is 5.56 Å². The first-order chi connectivity index (χ1) is 29.6. The number of anilines is 1. The van der Waals surface area contributed by atoms with Gasteiger partial charge in [0, 0.05) is 49.5 Å². The van der Waals surface area contributed by atoms with Crippen LogP contribution >= 0.6 is 0 Å². The van der Waals surface area contributed by atoms with E-state index in [9.17, 15) is 35.5 Å². The van der Waals surface area contributed by atoms with Gasteiger partial charge in [0.2, 0.25) is 0 Å². The second-order valence-corrected chi connectivity index (χ2v) is 17.2. The molecule has 4 aliphatic heterocycles. The molecule has 8 rings (SSSR count). The molecule has 62 heavy (non-hydrogen) atoms. The molecule has 18 nitrogen and oxygen atoms in total. The van der Waals surface area contributed by atoms with Crippen molar-refractivity contribution in [3.63, 3.8) is 0 Å². The van der Waals surface area contributed by atoms with Crippen LogP contribution in [-0.4, -0.2) is 104 Å². The van der Waals surface area contributed by atoms with Crippen LogP contribution in [0.1, 0.15) is 51.1 Å². The maximum Gasteiger partial charge on any atom is 0.310 e. The van der Waals surface area contributed by atoms with E-state index in [1.165, 1.54) is 67.8 Å². The predicted molar refractivity (Wildman–Crippen MR) is 228 cm³/mol. The van der Waals surface area contributed by atoms with Gasteiger partial charge in [-0.15, -0.1) is 0 Å². The summed E-state index contributed by atoms with van der Waals surface area (Å²) < 4.78 is 99.7. The third-order valence-electron chi connectivity index (χ3n) is 10.7. The van der Waals surface area contributed by atoms with E-state index in [-0.39, 0.29) is 78.0 Å². The highest BCUT2D eigenvalue weighted by atomic mass is 32.2.